The number of nitrogen functional groups attached to an aromatic ring is 1. The Morgan fingerprint density at radius 2 is 2.00 bits per heavy atom. The van der Waals surface area contributed by atoms with Crippen LogP contribution in [0.1, 0.15) is 11.8 Å². The number of aliphatic hydroxyl groups is 1. The van der Waals surface area contributed by atoms with Crippen molar-refractivity contribution in [3.63, 3.8) is 0 Å². The lowest BCUT2D eigenvalue weighted by Crippen LogP contribution is -2.52. The van der Waals surface area contributed by atoms with Gasteiger partial charge in [-0.15, -0.1) is 11.3 Å². The van der Waals surface area contributed by atoms with Gasteiger partial charge < -0.3 is 30.5 Å². The number of imidazole rings is 1. The molecule has 1 fully saturated rings. The van der Waals surface area contributed by atoms with Crippen LogP contribution >= 0.6 is 34.5 Å². The van der Waals surface area contributed by atoms with Crippen molar-refractivity contribution in [2.45, 2.75) is 36.6 Å². The predicted molar refractivity (Wildman–Crippen MR) is 134 cm³/mol. The number of alkyl halides is 1. The Kier molecular flexibility index (Phi) is 6.87. The third kappa shape index (κ3) is 4.42. The summed E-state index contributed by atoms with van der Waals surface area (Å²) in [6, 6.07) is 4.98. The SMILES string of the molecule is Nc1nc(Cl)nc2c1ncn2[C@@H]1O[C@H](COC(Cc2csc3ccc(Cl)cc23)(C(=O)O)C(=O)O)[C@@H](O)[C@@H]1F. The second-order valence-corrected chi connectivity index (χ2v) is 10.2. The number of aliphatic hydroxyl groups excluding tert-OH is 1. The molecular formula is C22H18Cl2FN5O7S. The van der Waals surface area contributed by atoms with E-state index in [4.69, 9.17) is 38.4 Å². The van der Waals surface area contributed by atoms with E-state index < -0.39 is 55.2 Å². The maximum atomic E-state index is 15.1. The number of carbonyl (C=O) groups is 2. The molecule has 1 aliphatic heterocycles. The van der Waals surface area contributed by atoms with Crippen LogP contribution in [-0.2, 0) is 25.5 Å². The third-order valence-corrected chi connectivity index (χ3v) is 7.65. The van der Waals surface area contributed by atoms with E-state index in [0.29, 0.717) is 16.0 Å². The van der Waals surface area contributed by atoms with Crippen LogP contribution < -0.4 is 5.73 Å². The Labute approximate surface area is 226 Å². The zero-order valence-corrected chi connectivity index (χ0v) is 21.3. The van der Waals surface area contributed by atoms with Gasteiger partial charge in [0.1, 0.15) is 17.7 Å². The summed E-state index contributed by atoms with van der Waals surface area (Å²) < 4.78 is 28.1. The number of aromatic nitrogens is 4. The first-order chi connectivity index (χ1) is 18.0. The summed E-state index contributed by atoms with van der Waals surface area (Å²) in [5, 5.41) is 32.7. The molecule has 1 saturated heterocycles. The number of ether oxygens (including phenoxy) is 2. The van der Waals surface area contributed by atoms with Crippen LogP contribution in [0.4, 0.5) is 10.2 Å². The van der Waals surface area contributed by atoms with Gasteiger partial charge in [-0.2, -0.15) is 9.97 Å². The number of hydrogen-bond acceptors (Lipinski definition) is 10. The van der Waals surface area contributed by atoms with E-state index in [1.54, 1.807) is 23.6 Å². The third-order valence-electron chi connectivity index (χ3n) is 6.23. The molecule has 16 heteroatoms. The van der Waals surface area contributed by atoms with Crippen LogP contribution in [0, 0.1) is 0 Å². The summed E-state index contributed by atoms with van der Waals surface area (Å²) >= 11 is 13.2. The first-order valence-electron chi connectivity index (χ1n) is 10.9. The lowest BCUT2D eigenvalue weighted by atomic mass is 9.93. The molecule has 12 nitrogen and oxygen atoms in total. The topological polar surface area (TPSA) is 183 Å². The molecule has 0 aliphatic carbocycles. The van der Waals surface area contributed by atoms with Crippen LogP contribution in [0.5, 0.6) is 0 Å². The van der Waals surface area contributed by atoms with Crippen molar-refractivity contribution in [1.82, 2.24) is 19.5 Å². The lowest BCUT2D eigenvalue weighted by molar-refractivity contribution is -0.189. The predicted octanol–water partition coefficient (Wildman–Crippen LogP) is 2.69. The number of halogens is 3. The van der Waals surface area contributed by atoms with Gasteiger partial charge in [0, 0.05) is 16.1 Å². The Morgan fingerprint density at radius 1 is 1.26 bits per heavy atom. The van der Waals surface area contributed by atoms with Gasteiger partial charge in [0.25, 0.3) is 5.60 Å². The molecule has 0 bridgehead atoms. The summed E-state index contributed by atoms with van der Waals surface area (Å²) in [6.07, 6.45) is -6.14. The first-order valence-corrected chi connectivity index (χ1v) is 12.5. The zero-order chi connectivity index (χ0) is 27.4. The van der Waals surface area contributed by atoms with Gasteiger partial charge in [-0.25, -0.2) is 19.0 Å². The van der Waals surface area contributed by atoms with E-state index in [-0.39, 0.29) is 22.3 Å². The number of anilines is 1. The molecule has 0 radical (unpaired) electrons. The second-order valence-electron chi connectivity index (χ2n) is 8.53. The van der Waals surface area contributed by atoms with Crippen molar-refractivity contribution in [1.29, 1.82) is 0 Å². The number of nitrogens with zero attached hydrogens (tertiary/aromatic N) is 4. The van der Waals surface area contributed by atoms with Crippen LogP contribution in [0.2, 0.25) is 10.3 Å². The molecule has 1 aliphatic rings. The van der Waals surface area contributed by atoms with Crippen molar-refractivity contribution in [3.8, 4) is 0 Å². The molecular weight excluding hydrogens is 568 g/mol. The van der Waals surface area contributed by atoms with Crippen molar-refractivity contribution in [2.24, 2.45) is 0 Å². The van der Waals surface area contributed by atoms with E-state index in [1.807, 2.05) is 0 Å². The number of rotatable bonds is 8. The van der Waals surface area contributed by atoms with Gasteiger partial charge >= 0.3 is 11.9 Å². The molecule has 5 rings (SSSR count). The molecule has 0 amide bonds. The second kappa shape index (κ2) is 9.87. The minimum absolute atomic E-state index is 0.0392. The fraction of sp³-hybridized carbons (Fsp3) is 0.318. The summed E-state index contributed by atoms with van der Waals surface area (Å²) in [5.41, 5.74) is 3.55. The number of thiophene rings is 1. The number of nitrogens with two attached hydrogens (primary N) is 1. The minimum atomic E-state index is -2.76. The molecule has 0 saturated carbocycles. The van der Waals surface area contributed by atoms with Crippen LogP contribution in [0.25, 0.3) is 21.3 Å². The average molecular weight is 586 g/mol. The standard InChI is InChI=1S/C22H18Cl2FN5O7S/c23-9-1-2-12-10(3-9)8(6-38-12)4-22(19(32)33,20(34)35)36-5-11-15(31)13(25)18(37-11)30-7-27-14-16(26)28-21(24)29-17(14)30/h1-3,6-7,11,13,15,18,31H,4-5H2,(H,32,33)(H,34,35)(H2,26,28,29)/t11-,13+,15-,18-/m1/s1. The number of hydrogen-bond donors (Lipinski definition) is 4. The summed E-state index contributed by atoms with van der Waals surface area (Å²) in [4.78, 5) is 36.3. The molecule has 4 atom stereocenters. The number of fused-ring (bicyclic) bond motifs is 2. The summed E-state index contributed by atoms with van der Waals surface area (Å²) in [6.45, 7) is -0.760. The van der Waals surface area contributed by atoms with Crippen LogP contribution in [0.3, 0.4) is 0 Å². The summed E-state index contributed by atoms with van der Waals surface area (Å²) in [7, 11) is 0. The number of carboxylic acid groups (broad SMARTS) is 2. The van der Waals surface area contributed by atoms with Gasteiger partial charge in [0.15, 0.2) is 23.9 Å². The normalized spacial score (nSPS) is 21.9. The highest BCUT2D eigenvalue weighted by molar-refractivity contribution is 7.17. The smallest absolute Gasteiger partial charge is 0.348 e. The fourth-order valence-electron chi connectivity index (χ4n) is 4.26. The molecule has 5 N–H and O–H groups in total. The Morgan fingerprint density at radius 3 is 2.71 bits per heavy atom. The molecule has 1 aromatic carbocycles. The van der Waals surface area contributed by atoms with E-state index in [2.05, 4.69) is 15.0 Å². The minimum Gasteiger partial charge on any atom is -0.479 e. The number of aliphatic carboxylic acids is 2. The lowest BCUT2D eigenvalue weighted by Gasteiger charge is -2.27. The number of benzene rings is 1. The highest BCUT2D eigenvalue weighted by atomic mass is 35.5. The van der Waals surface area contributed by atoms with Crippen molar-refractivity contribution in [3.05, 3.63) is 45.8 Å². The monoisotopic (exact) mass is 585 g/mol. The van der Waals surface area contributed by atoms with E-state index >= 15 is 4.39 Å². The van der Waals surface area contributed by atoms with Crippen molar-refractivity contribution < 1.29 is 38.8 Å². The number of carboxylic acids is 2. The first kappa shape index (κ1) is 26.5. The Balaban J connectivity index is 1.41. The van der Waals surface area contributed by atoms with Crippen molar-refractivity contribution in [2.75, 3.05) is 12.3 Å². The summed E-state index contributed by atoms with van der Waals surface area (Å²) in [5.74, 6) is -3.62. The molecule has 4 heterocycles. The maximum absolute atomic E-state index is 15.1. The van der Waals surface area contributed by atoms with Crippen LogP contribution in [-0.4, -0.2) is 77.4 Å². The molecule has 3 aromatic heterocycles. The van der Waals surface area contributed by atoms with Gasteiger partial charge in [-0.3, -0.25) is 4.57 Å². The zero-order valence-electron chi connectivity index (χ0n) is 19.0. The molecule has 200 valence electrons. The van der Waals surface area contributed by atoms with Gasteiger partial charge in [-0.05, 0) is 46.1 Å². The molecule has 0 spiro atoms. The van der Waals surface area contributed by atoms with Gasteiger partial charge in [0.05, 0.1) is 12.9 Å². The van der Waals surface area contributed by atoms with Crippen LogP contribution in [0.15, 0.2) is 29.9 Å². The highest BCUT2D eigenvalue weighted by Crippen LogP contribution is 2.36. The molecule has 38 heavy (non-hydrogen) atoms. The molecule has 0 unspecified atom stereocenters. The highest BCUT2D eigenvalue weighted by Gasteiger charge is 2.52. The molecule has 4 aromatic rings. The Hall–Kier alpha value is -3.14. The Bertz CT molecular complexity index is 1550. The average Bonchev–Trinajstić information content (AvgIpc) is 3.53. The largest absolute Gasteiger partial charge is 0.479 e. The van der Waals surface area contributed by atoms with Gasteiger partial charge in [0.2, 0.25) is 5.28 Å². The van der Waals surface area contributed by atoms with Crippen molar-refractivity contribution >= 4 is 73.5 Å². The quantitative estimate of drug-likeness (QED) is 0.176. The fourth-order valence-corrected chi connectivity index (χ4v) is 5.55. The van der Waals surface area contributed by atoms with E-state index in [1.165, 1.54) is 17.7 Å². The van der Waals surface area contributed by atoms with Gasteiger partial charge in [-0.1, -0.05) is 11.6 Å². The maximum Gasteiger partial charge on any atom is 0.348 e. The van der Waals surface area contributed by atoms with E-state index in [9.17, 15) is 24.9 Å². The van der Waals surface area contributed by atoms with E-state index in [0.717, 1.165) is 9.27 Å².